The summed E-state index contributed by atoms with van der Waals surface area (Å²) in [6, 6.07) is 3.27. The Bertz CT molecular complexity index is 424. The van der Waals surface area contributed by atoms with Gasteiger partial charge >= 0.3 is 5.97 Å². The molecule has 0 amide bonds. The van der Waals surface area contributed by atoms with Gasteiger partial charge in [0.1, 0.15) is 0 Å². The average Bonchev–Trinajstić information content (AvgIpc) is 2.16. The van der Waals surface area contributed by atoms with Crippen molar-refractivity contribution in [3.63, 3.8) is 0 Å². The molecule has 1 N–H and O–H groups in total. The topological polar surface area (TPSA) is 54.4 Å². The molecule has 1 rings (SSSR count). The molecule has 1 atom stereocenters. The standard InChI is InChI=1S/C11H14O3S/c1-4-15(14)10-7(2)5-6-9(8(10)3)11(12)13/h5-6H,4H2,1-3H3,(H,12,13)/t15-/m1/s1. The molecule has 0 bridgehead atoms. The molecular formula is C11H14O3S. The van der Waals surface area contributed by atoms with E-state index in [0.29, 0.717) is 16.2 Å². The third-order valence-corrected chi connectivity index (χ3v) is 3.93. The van der Waals surface area contributed by atoms with Crippen molar-refractivity contribution in [3.8, 4) is 0 Å². The molecule has 3 nitrogen and oxygen atoms in total. The van der Waals surface area contributed by atoms with Crippen LogP contribution in [0.1, 0.15) is 28.4 Å². The van der Waals surface area contributed by atoms with Gasteiger partial charge in [-0.15, -0.1) is 0 Å². The van der Waals surface area contributed by atoms with Gasteiger partial charge in [0.15, 0.2) is 0 Å². The Hall–Kier alpha value is -1.16. The number of carbonyl (C=O) groups is 1. The maximum Gasteiger partial charge on any atom is 0.335 e. The van der Waals surface area contributed by atoms with Gasteiger partial charge in [0.05, 0.1) is 16.4 Å². The minimum Gasteiger partial charge on any atom is -0.478 e. The molecule has 0 heterocycles. The van der Waals surface area contributed by atoms with Crippen molar-refractivity contribution >= 4 is 16.8 Å². The fraction of sp³-hybridized carbons (Fsp3) is 0.364. The smallest absolute Gasteiger partial charge is 0.335 e. The fourth-order valence-corrected chi connectivity index (χ4v) is 2.72. The molecule has 15 heavy (non-hydrogen) atoms. The predicted octanol–water partition coefficient (Wildman–Crippen LogP) is 2.13. The van der Waals surface area contributed by atoms with E-state index in [1.165, 1.54) is 0 Å². The molecule has 1 aromatic carbocycles. The average molecular weight is 226 g/mol. The number of hydrogen-bond acceptors (Lipinski definition) is 2. The van der Waals surface area contributed by atoms with Crippen LogP contribution in [0.15, 0.2) is 17.0 Å². The maximum atomic E-state index is 11.7. The summed E-state index contributed by atoms with van der Waals surface area (Å²) in [6.45, 7) is 5.38. The molecule has 0 aliphatic heterocycles. The first-order valence-corrected chi connectivity index (χ1v) is 6.02. The first-order chi connectivity index (χ1) is 6.99. The van der Waals surface area contributed by atoms with Crippen LogP contribution in [0.3, 0.4) is 0 Å². The zero-order chi connectivity index (χ0) is 11.6. The van der Waals surface area contributed by atoms with Crippen molar-refractivity contribution in [1.29, 1.82) is 0 Å². The van der Waals surface area contributed by atoms with Gasteiger partial charge in [-0.1, -0.05) is 13.0 Å². The lowest BCUT2D eigenvalue weighted by atomic mass is 10.1. The van der Waals surface area contributed by atoms with Gasteiger partial charge in [-0.05, 0) is 31.0 Å². The zero-order valence-electron chi connectivity index (χ0n) is 9.03. The summed E-state index contributed by atoms with van der Waals surface area (Å²) in [5.41, 5.74) is 1.73. The van der Waals surface area contributed by atoms with Crippen LogP contribution in [-0.4, -0.2) is 21.0 Å². The molecule has 0 saturated heterocycles. The van der Waals surface area contributed by atoms with Crippen molar-refractivity contribution in [2.75, 3.05) is 5.75 Å². The Labute approximate surface area is 91.6 Å². The quantitative estimate of drug-likeness (QED) is 0.859. The van der Waals surface area contributed by atoms with Gasteiger partial charge in [-0.25, -0.2) is 4.79 Å². The number of carboxylic acids is 1. The summed E-state index contributed by atoms with van der Waals surface area (Å²) in [7, 11) is -1.10. The molecule has 0 fully saturated rings. The van der Waals surface area contributed by atoms with E-state index in [1.54, 1.807) is 19.1 Å². The second-order valence-corrected chi connectivity index (χ2v) is 5.00. The van der Waals surface area contributed by atoms with Crippen LogP contribution < -0.4 is 0 Å². The third-order valence-electron chi connectivity index (χ3n) is 2.32. The van der Waals surface area contributed by atoms with Crippen molar-refractivity contribution in [1.82, 2.24) is 0 Å². The van der Waals surface area contributed by atoms with Crippen LogP contribution >= 0.6 is 0 Å². The predicted molar refractivity (Wildman–Crippen MR) is 59.8 cm³/mol. The van der Waals surface area contributed by atoms with E-state index in [-0.39, 0.29) is 5.56 Å². The van der Waals surface area contributed by atoms with Crippen molar-refractivity contribution < 1.29 is 14.1 Å². The van der Waals surface area contributed by atoms with Crippen LogP contribution in [0.2, 0.25) is 0 Å². The minimum atomic E-state index is -1.10. The molecule has 0 radical (unpaired) electrons. The van der Waals surface area contributed by atoms with E-state index in [1.807, 2.05) is 13.8 Å². The lowest BCUT2D eigenvalue weighted by Crippen LogP contribution is -2.07. The maximum absolute atomic E-state index is 11.7. The molecule has 82 valence electrons. The largest absolute Gasteiger partial charge is 0.478 e. The number of benzene rings is 1. The number of carboxylic acid groups (broad SMARTS) is 1. The first kappa shape index (κ1) is 11.9. The summed E-state index contributed by atoms with van der Waals surface area (Å²) in [5.74, 6) is -0.466. The third kappa shape index (κ3) is 2.26. The Morgan fingerprint density at radius 2 is 2.00 bits per heavy atom. The van der Waals surface area contributed by atoms with Gasteiger partial charge in [-0.3, -0.25) is 4.21 Å². The molecule has 1 aromatic rings. The lowest BCUT2D eigenvalue weighted by molar-refractivity contribution is 0.0696. The second-order valence-electron chi connectivity index (χ2n) is 3.32. The molecular weight excluding hydrogens is 212 g/mol. The van der Waals surface area contributed by atoms with Crippen LogP contribution in [0.4, 0.5) is 0 Å². The highest BCUT2D eigenvalue weighted by Crippen LogP contribution is 2.22. The van der Waals surface area contributed by atoms with Crippen molar-refractivity contribution in [3.05, 3.63) is 28.8 Å². The normalized spacial score (nSPS) is 12.5. The lowest BCUT2D eigenvalue weighted by Gasteiger charge is -2.10. The van der Waals surface area contributed by atoms with E-state index < -0.39 is 16.8 Å². The Balaban J connectivity index is 3.43. The van der Waals surface area contributed by atoms with E-state index in [9.17, 15) is 9.00 Å². The number of aryl methyl sites for hydroxylation is 1. The van der Waals surface area contributed by atoms with E-state index >= 15 is 0 Å². The highest BCUT2D eigenvalue weighted by Gasteiger charge is 2.15. The van der Waals surface area contributed by atoms with Gasteiger partial charge < -0.3 is 5.11 Å². The number of hydrogen-bond donors (Lipinski definition) is 1. The summed E-state index contributed by atoms with van der Waals surface area (Å²) in [4.78, 5) is 11.6. The van der Waals surface area contributed by atoms with Crippen LogP contribution in [0.25, 0.3) is 0 Å². The van der Waals surface area contributed by atoms with Gasteiger partial charge in [0, 0.05) is 10.6 Å². The first-order valence-electron chi connectivity index (χ1n) is 4.70. The van der Waals surface area contributed by atoms with E-state index in [0.717, 1.165) is 5.56 Å². The van der Waals surface area contributed by atoms with Gasteiger partial charge in [0.2, 0.25) is 0 Å². The molecule has 4 heteroatoms. The van der Waals surface area contributed by atoms with E-state index in [2.05, 4.69) is 0 Å². The zero-order valence-corrected chi connectivity index (χ0v) is 9.85. The van der Waals surface area contributed by atoms with Gasteiger partial charge in [-0.2, -0.15) is 0 Å². The highest BCUT2D eigenvalue weighted by molar-refractivity contribution is 7.85. The summed E-state index contributed by atoms with van der Waals surface area (Å²) < 4.78 is 11.7. The van der Waals surface area contributed by atoms with E-state index in [4.69, 9.17) is 5.11 Å². The molecule has 0 aromatic heterocycles. The number of rotatable bonds is 3. The fourth-order valence-electron chi connectivity index (χ4n) is 1.55. The Morgan fingerprint density at radius 3 is 2.47 bits per heavy atom. The van der Waals surface area contributed by atoms with Crippen LogP contribution in [0.5, 0.6) is 0 Å². The van der Waals surface area contributed by atoms with Gasteiger partial charge in [0.25, 0.3) is 0 Å². The summed E-state index contributed by atoms with van der Waals surface area (Å²) in [5, 5.41) is 8.94. The molecule has 0 spiro atoms. The molecule has 0 aliphatic rings. The van der Waals surface area contributed by atoms with Crippen LogP contribution in [-0.2, 0) is 10.8 Å². The monoisotopic (exact) mass is 226 g/mol. The minimum absolute atomic E-state index is 0.234. The van der Waals surface area contributed by atoms with Crippen molar-refractivity contribution in [2.24, 2.45) is 0 Å². The van der Waals surface area contributed by atoms with Crippen molar-refractivity contribution in [2.45, 2.75) is 25.7 Å². The highest BCUT2D eigenvalue weighted by atomic mass is 32.2. The summed E-state index contributed by atoms with van der Waals surface area (Å²) >= 11 is 0. The SMILES string of the molecule is CC[S@@](=O)c1c(C)ccc(C(=O)O)c1C. The molecule has 0 aliphatic carbocycles. The van der Waals surface area contributed by atoms with Crippen LogP contribution in [0, 0.1) is 13.8 Å². The summed E-state index contributed by atoms with van der Waals surface area (Å²) in [6.07, 6.45) is 0. The second kappa shape index (κ2) is 4.57. The Kier molecular flexibility index (Phi) is 3.63. The molecule has 0 saturated carbocycles. The number of aromatic carboxylic acids is 1. The molecule has 0 unspecified atom stereocenters. The Morgan fingerprint density at radius 1 is 1.40 bits per heavy atom.